The van der Waals surface area contributed by atoms with Crippen LogP contribution in [0.5, 0.6) is 5.75 Å². The Morgan fingerprint density at radius 3 is 2.59 bits per heavy atom. The number of nitrogens with zero attached hydrogens (tertiary/aromatic N) is 3. The molecule has 0 spiro atoms. The Morgan fingerprint density at radius 2 is 1.81 bits per heavy atom. The predicted octanol–water partition coefficient (Wildman–Crippen LogP) is 5.02. The van der Waals surface area contributed by atoms with E-state index in [2.05, 4.69) is 11.0 Å². The number of ether oxygens (including phenoxy) is 1. The molecule has 5 rings (SSSR count). The minimum Gasteiger partial charge on any atom is -0.487 e. The second-order valence-corrected chi connectivity index (χ2v) is 8.04. The van der Waals surface area contributed by atoms with Gasteiger partial charge in [-0.1, -0.05) is 41.9 Å². The van der Waals surface area contributed by atoms with Gasteiger partial charge in [0.1, 0.15) is 23.7 Å². The maximum Gasteiger partial charge on any atom is 0.289 e. The molecule has 0 N–H and O–H groups in total. The van der Waals surface area contributed by atoms with Gasteiger partial charge in [0.25, 0.3) is 5.91 Å². The van der Waals surface area contributed by atoms with Crippen molar-refractivity contribution >= 4 is 34.2 Å². The lowest BCUT2D eigenvalue weighted by atomic mass is 10.2. The summed E-state index contributed by atoms with van der Waals surface area (Å²) in [7, 11) is 0. The summed E-state index contributed by atoms with van der Waals surface area (Å²) in [6.07, 6.45) is 1.52. The lowest BCUT2D eigenvalue weighted by Crippen LogP contribution is -2.49. The largest absolute Gasteiger partial charge is 0.487 e. The van der Waals surface area contributed by atoms with Crippen molar-refractivity contribution in [1.82, 2.24) is 9.88 Å². The number of para-hydroxylation sites is 1. The van der Waals surface area contributed by atoms with Crippen LogP contribution in [-0.4, -0.2) is 42.0 Å². The number of halogens is 1. The van der Waals surface area contributed by atoms with Gasteiger partial charge in [0, 0.05) is 42.2 Å². The molecular weight excluding hydrogens is 426 g/mol. The summed E-state index contributed by atoms with van der Waals surface area (Å²) >= 11 is 6.27. The molecule has 2 aromatic carbocycles. The van der Waals surface area contributed by atoms with Gasteiger partial charge in [0.05, 0.1) is 6.26 Å². The lowest BCUT2D eigenvalue weighted by Gasteiger charge is -2.35. The summed E-state index contributed by atoms with van der Waals surface area (Å²) < 4.78 is 11.3. The fourth-order valence-corrected chi connectivity index (χ4v) is 4.06. The van der Waals surface area contributed by atoms with Crippen molar-refractivity contribution in [2.45, 2.75) is 6.61 Å². The fraction of sp³-hybridized carbons (Fsp3) is 0.200. The van der Waals surface area contributed by atoms with Crippen molar-refractivity contribution in [3.63, 3.8) is 0 Å². The van der Waals surface area contributed by atoms with E-state index in [1.807, 2.05) is 53.4 Å². The summed E-state index contributed by atoms with van der Waals surface area (Å²) in [6.45, 7) is 3.01. The van der Waals surface area contributed by atoms with Crippen LogP contribution in [-0.2, 0) is 6.61 Å². The van der Waals surface area contributed by atoms with Crippen molar-refractivity contribution in [3.8, 4) is 5.75 Å². The molecule has 6 nitrogen and oxygen atoms in total. The van der Waals surface area contributed by atoms with Crippen molar-refractivity contribution in [1.29, 1.82) is 0 Å². The Balaban J connectivity index is 1.32. The molecule has 1 aliphatic rings. The van der Waals surface area contributed by atoms with E-state index in [-0.39, 0.29) is 5.91 Å². The van der Waals surface area contributed by atoms with Crippen molar-refractivity contribution in [3.05, 3.63) is 89.3 Å². The number of carbonyl (C=O) groups is 1. The number of rotatable bonds is 5. The van der Waals surface area contributed by atoms with Gasteiger partial charge in [0.15, 0.2) is 5.76 Å². The van der Waals surface area contributed by atoms with E-state index >= 15 is 0 Å². The molecule has 162 valence electrons. The maximum atomic E-state index is 12.5. The van der Waals surface area contributed by atoms with Gasteiger partial charge in [0.2, 0.25) is 0 Å². The minimum absolute atomic E-state index is 0.0728. The zero-order valence-electron chi connectivity index (χ0n) is 17.4. The monoisotopic (exact) mass is 447 g/mol. The molecule has 0 atom stereocenters. The number of hydrogen-bond donors (Lipinski definition) is 0. The van der Waals surface area contributed by atoms with Gasteiger partial charge in [-0.15, -0.1) is 0 Å². The quantitative estimate of drug-likeness (QED) is 0.430. The molecule has 1 saturated heterocycles. The molecule has 1 amide bonds. The fourth-order valence-electron chi connectivity index (χ4n) is 3.87. The van der Waals surface area contributed by atoms with Gasteiger partial charge in [-0.2, -0.15) is 0 Å². The first kappa shape index (κ1) is 20.4. The molecule has 32 heavy (non-hydrogen) atoms. The van der Waals surface area contributed by atoms with E-state index in [1.165, 1.54) is 6.26 Å². The summed E-state index contributed by atoms with van der Waals surface area (Å²) in [5, 5.41) is 1.69. The standard InChI is InChI=1S/C25H22ClN3O3/c26-20-7-2-1-5-19(20)17-32-21-8-3-6-18-10-11-23(27-24(18)21)28-12-14-29(15-13-28)25(30)22-9-4-16-31-22/h1-11,16H,12-15,17H2. The first-order valence-electron chi connectivity index (χ1n) is 10.5. The van der Waals surface area contributed by atoms with Crippen LogP contribution in [0.1, 0.15) is 16.1 Å². The number of carbonyl (C=O) groups excluding carboxylic acids is 1. The van der Waals surface area contributed by atoms with Gasteiger partial charge < -0.3 is 19.0 Å². The highest BCUT2D eigenvalue weighted by Crippen LogP contribution is 2.28. The predicted molar refractivity (Wildman–Crippen MR) is 124 cm³/mol. The van der Waals surface area contributed by atoms with Crippen LogP contribution >= 0.6 is 11.6 Å². The molecule has 1 fully saturated rings. The summed E-state index contributed by atoms with van der Waals surface area (Å²) in [5.41, 5.74) is 1.74. The Labute approximate surface area is 191 Å². The molecule has 0 aliphatic carbocycles. The molecule has 1 aliphatic heterocycles. The highest BCUT2D eigenvalue weighted by molar-refractivity contribution is 6.31. The third-order valence-electron chi connectivity index (χ3n) is 5.63. The number of furan rings is 1. The number of anilines is 1. The van der Waals surface area contributed by atoms with Crippen molar-refractivity contribution in [2.24, 2.45) is 0 Å². The third-order valence-corrected chi connectivity index (χ3v) is 6.00. The highest BCUT2D eigenvalue weighted by atomic mass is 35.5. The maximum absolute atomic E-state index is 12.5. The lowest BCUT2D eigenvalue weighted by molar-refractivity contribution is 0.0714. The Kier molecular flexibility index (Phi) is 5.69. The second kappa shape index (κ2) is 8.93. The zero-order chi connectivity index (χ0) is 21.9. The third kappa shape index (κ3) is 4.14. The zero-order valence-corrected chi connectivity index (χ0v) is 18.2. The molecule has 7 heteroatoms. The van der Waals surface area contributed by atoms with E-state index in [0.29, 0.717) is 43.6 Å². The van der Waals surface area contributed by atoms with Gasteiger partial charge in [-0.3, -0.25) is 4.79 Å². The SMILES string of the molecule is O=C(c1ccco1)N1CCN(c2ccc3cccc(OCc4ccccc4Cl)c3n2)CC1. The number of piperazine rings is 1. The summed E-state index contributed by atoms with van der Waals surface area (Å²) in [4.78, 5) is 21.4. The Hall–Kier alpha value is -3.51. The molecule has 0 bridgehead atoms. The smallest absolute Gasteiger partial charge is 0.289 e. The average Bonchev–Trinajstić information content (AvgIpc) is 3.38. The molecular formula is C25H22ClN3O3. The van der Waals surface area contributed by atoms with Gasteiger partial charge >= 0.3 is 0 Å². The Bertz CT molecular complexity index is 1230. The number of hydrogen-bond acceptors (Lipinski definition) is 5. The second-order valence-electron chi connectivity index (χ2n) is 7.63. The van der Waals surface area contributed by atoms with Crippen molar-refractivity contribution < 1.29 is 13.9 Å². The van der Waals surface area contributed by atoms with Crippen LogP contribution in [0.25, 0.3) is 10.9 Å². The van der Waals surface area contributed by atoms with E-state index in [9.17, 15) is 4.79 Å². The van der Waals surface area contributed by atoms with E-state index in [4.69, 9.17) is 25.7 Å². The number of pyridine rings is 1. The van der Waals surface area contributed by atoms with Crippen LogP contribution in [0.4, 0.5) is 5.82 Å². The minimum atomic E-state index is -0.0728. The van der Waals surface area contributed by atoms with E-state index in [0.717, 1.165) is 28.0 Å². The first-order chi connectivity index (χ1) is 15.7. The normalized spacial score (nSPS) is 14.0. The van der Waals surface area contributed by atoms with Crippen LogP contribution in [0, 0.1) is 0 Å². The molecule has 3 heterocycles. The average molecular weight is 448 g/mol. The van der Waals surface area contributed by atoms with Crippen LogP contribution in [0.2, 0.25) is 5.02 Å². The first-order valence-corrected chi connectivity index (χ1v) is 10.9. The van der Waals surface area contributed by atoms with Crippen LogP contribution in [0.3, 0.4) is 0 Å². The highest BCUT2D eigenvalue weighted by Gasteiger charge is 2.24. The number of fused-ring (bicyclic) bond motifs is 1. The number of benzene rings is 2. The van der Waals surface area contributed by atoms with Gasteiger partial charge in [-0.25, -0.2) is 4.98 Å². The topological polar surface area (TPSA) is 58.8 Å². The molecule has 2 aromatic heterocycles. The van der Waals surface area contributed by atoms with E-state index in [1.54, 1.807) is 12.1 Å². The molecule has 0 saturated carbocycles. The summed E-state index contributed by atoms with van der Waals surface area (Å²) in [5.74, 6) is 1.89. The molecule has 0 radical (unpaired) electrons. The number of amides is 1. The Morgan fingerprint density at radius 1 is 0.969 bits per heavy atom. The van der Waals surface area contributed by atoms with E-state index < -0.39 is 0 Å². The van der Waals surface area contributed by atoms with Crippen LogP contribution in [0.15, 0.2) is 77.4 Å². The van der Waals surface area contributed by atoms with Crippen LogP contribution < -0.4 is 9.64 Å². The summed E-state index contributed by atoms with van der Waals surface area (Å²) in [6, 6.07) is 21.1. The molecule has 0 unspecified atom stereocenters. The van der Waals surface area contributed by atoms with Crippen molar-refractivity contribution in [2.75, 3.05) is 31.1 Å². The molecule has 4 aromatic rings. The van der Waals surface area contributed by atoms with Gasteiger partial charge in [-0.05, 0) is 36.4 Å². The number of aromatic nitrogens is 1.